The van der Waals surface area contributed by atoms with Crippen LogP contribution in [0.5, 0.6) is 0 Å². The molecule has 3 rings (SSSR count). The van der Waals surface area contributed by atoms with Crippen molar-refractivity contribution in [2.45, 2.75) is 13.3 Å². The highest BCUT2D eigenvalue weighted by Gasteiger charge is 2.10. The Bertz CT molecular complexity index is 776. The number of azo groups is 1. The molecule has 0 saturated carbocycles. The second-order valence-electron chi connectivity index (χ2n) is 5.38. The summed E-state index contributed by atoms with van der Waals surface area (Å²) in [5.41, 5.74) is 2.03. The lowest BCUT2D eigenvalue weighted by molar-refractivity contribution is -0.677. The minimum Gasteiger partial charge on any atom is -0.371 e. The summed E-state index contributed by atoms with van der Waals surface area (Å²) in [6.07, 6.45) is 6.70. The maximum absolute atomic E-state index is 4.22. The van der Waals surface area contributed by atoms with Gasteiger partial charge in [-0.15, -0.1) is 21.6 Å². The fraction of sp³-hybridized carbons (Fsp3) is 0.294. The molecule has 1 aromatic carbocycles. The van der Waals surface area contributed by atoms with E-state index in [4.69, 9.17) is 0 Å². The van der Waals surface area contributed by atoms with E-state index >= 15 is 0 Å². The van der Waals surface area contributed by atoms with E-state index in [0.29, 0.717) is 5.13 Å². The monoisotopic (exact) mass is 341 g/mol. The summed E-state index contributed by atoms with van der Waals surface area (Å²) in [6.45, 7) is 4.10. The van der Waals surface area contributed by atoms with E-state index in [9.17, 15) is 0 Å². The first-order chi connectivity index (χ1) is 11.8. The number of imidazole rings is 1. The topological polar surface area (TPSA) is 60.5 Å². The Labute approximate surface area is 145 Å². The van der Waals surface area contributed by atoms with Crippen LogP contribution in [-0.2, 0) is 13.5 Å². The molecule has 3 aromatic rings. The van der Waals surface area contributed by atoms with Crippen LogP contribution in [0.1, 0.15) is 12.7 Å². The SMILES string of the molecule is CCN(CCc1[nH]cc[n+]1C)c1ccc(N=Nc2nccs2)cc1. The highest BCUT2D eigenvalue weighted by atomic mass is 32.1. The Hall–Kier alpha value is -2.54. The minimum absolute atomic E-state index is 0.674. The molecule has 6 nitrogen and oxygen atoms in total. The van der Waals surface area contributed by atoms with E-state index in [1.54, 1.807) is 6.20 Å². The van der Waals surface area contributed by atoms with Crippen LogP contribution in [-0.4, -0.2) is 23.1 Å². The van der Waals surface area contributed by atoms with Crippen molar-refractivity contribution in [3.05, 3.63) is 54.1 Å². The third kappa shape index (κ3) is 4.05. The zero-order chi connectivity index (χ0) is 16.8. The molecule has 0 spiro atoms. The number of hydrogen-bond acceptors (Lipinski definition) is 5. The minimum atomic E-state index is 0.674. The van der Waals surface area contributed by atoms with E-state index in [1.807, 2.05) is 29.9 Å². The van der Waals surface area contributed by atoms with Crippen LogP contribution in [0.25, 0.3) is 0 Å². The fourth-order valence-corrected chi connectivity index (χ4v) is 2.95. The highest BCUT2D eigenvalue weighted by Crippen LogP contribution is 2.23. The van der Waals surface area contributed by atoms with E-state index in [-0.39, 0.29) is 0 Å². The van der Waals surface area contributed by atoms with Gasteiger partial charge in [0.05, 0.1) is 19.2 Å². The van der Waals surface area contributed by atoms with Crippen molar-refractivity contribution in [2.75, 3.05) is 18.0 Å². The van der Waals surface area contributed by atoms with Crippen molar-refractivity contribution < 1.29 is 4.57 Å². The number of aryl methyl sites for hydroxylation is 1. The Balaban J connectivity index is 1.63. The normalized spacial score (nSPS) is 11.2. The molecular weight excluding hydrogens is 320 g/mol. The molecule has 7 heteroatoms. The van der Waals surface area contributed by atoms with Gasteiger partial charge in [0, 0.05) is 30.4 Å². The van der Waals surface area contributed by atoms with Gasteiger partial charge >= 0.3 is 0 Å². The molecule has 124 valence electrons. The first-order valence-electron chi connectivity index (χ1n) is 7.94. The Morgan fingerprint density at radius 3 is 2.71 bits per heavy atom. The predicted molar refractivity (Wildman–Crippen MR) is 96.3 cm³/mol. The Morgan fingerprint density at radius 1 is 1.25 bits per heavy atom. The summed E-state index contributed by atoms with van der Waals surface area (Å²) in [5, 5.41) is 10.9. The molecule has 2 aromatic heterocycles. The van der Waals surface area contributed by atoms with Crippen LogP contribution < -0.4 is 9.47 Å². The summed E-state index contributed by atoms with van der Waals surface area (Å²) in [4.78, 5) is 9.72. The molecule has 0 aliphatic heterocycles. The van der Waals surface area contributed by atoms with Crippen molar-refractivity contribution in [2.24, 2.45) is 17.3 Å². The summed E-state index contributed by atoms with van der Waals surface area (Å²) >= 11 is 1.48. The zero-order valence-electron chi connectivity index (χ0n) is 13.9. The summed E-state index contributed by atoms with van der Waals surface area (Å²) in [7, 11) is 2.06. The number of benzene rings is 1. The van der Waals surface area contributed by atoms with E-state index < -0.39 is 0 Å². The van der Waals surface area contributed by atoms with E-state index in [0.717, 1.165) is 25.2 Å². The van der Waals surface area contributed by atoms with Crippen molar-refractivity contribution in [1.82, 2.24) is 9.97 Å². The number of aromatic amines is 1. The molecule has 2 heterocycles. The number of H-pyrrole nitrogens is 1. The number of hydrogen-bond donors (Lipinski definition) is 1. The van der Waals surface area contributed by atoms with Gasteiger partial charge in [-0.2, -0.15) is 0 Å². The molecule has 0 aliphatic rings. The van der Waals surface area contributed by atoms with Crippen LogP contribution in [0, 0.1) is 0 Å². The van der Waals surface area contributed by atoms with Crippen molar-refractivity contribution in [3.8, 4) is 0 Å². The number of likely N-dealkylation sites (N-methyl/N-ethyl adjacent to an activating group) is 1. The maximum Gasteiger partial charge on any atom is 0.255 e. The van der Waals surface area contributed by atoms with Gasteiger partial charge in [0.2, 0.25) is 5.13 Å². The highest BCUT2D eigenvalue weighted by molar-refractivity contribution is 7.13. The Morgan fingerprint density at radius 2 is 2.08 bits per heavy atom. The summed E-state index contributed by atoms with van der Waals surface area (Å²) in [6, 6.07) is 8.16. The lowest BCUT2D eigenvalue weighted by Gasteiger charge is -2.22. The second kappa shape index (κ2) is 7.83. The molecule has 0 bridgehead atoms. The second-order valence-corrected chi connectivity index (χ2v) is 6.25. The van der Waals surface area contributed by atoms with Gasteiger partial charge in [0.1, 0.15) is 12.4 Å². The standard InChI is InChI=1S/C17H20N6S/c1-3-23(11-8-16-18-9-12-22(16)2)15-6-4-14(5-7-15)20-21-17-19-10-13-24-17/h4-7,9-10,12-13H,3,8,11H2,1-2H3/p+1. The van der Waals surface area contributed by atoms with Crippen LogP contribution in [0.2, 0.25) is 0 Å². The summed E-state index contributed by atoms with van der Waals surface area (Å²) in [5.74, 6) is 1.22. The third-order valence-electron chi connectivity index (χ3n) is 3.86. The van der Waals surface area contributed by atoms with Crippen molar-refractivity contribution >= 4 is 27.8 Å². The largest absolute Gasteiger partial charge is 0.371 e. The van der Waals surface area contributed by atoms with Crippen molar-refractivity contribution in [1.29, 1.82) is 0 Å². The van der Waals surface area contributed by atoms with Gasteiger partial charge in [-0.25, -0.2) is 14.5 Å². The van der Waals surface area contributed by atoms with Crippen LogP contribution in [0.15, 0.2) is 58.5 Å². The van der Waals surface area contributed by atoms with Gasteiger partial charge in [-0.05, 0) is 31.2 Å². The smallest absolute Gasteiger partial charge is 0.255 e. The lowest BCUT2D eigenvalue weighted by atomic mass is 10.2. The average molecular weight is 341 g/mol. The first-order valence-corrected chi connectivity index (χ1v) is 8.82. The number of nitrogens with one attached hydrogen (secondary N) is 1. The first kappa shape index (κ1) is 16.3. The molecule has 0 atom stereocenters. The number of nitrogens with zero attached hydrogens (tertiary/aromatic N) is 5. The van der Waals surface area contributed by atoms with Gasteiger partial charge < -0.3 is 4.90 Å². The van der Waals surface area contributed by atoms with Crippen LogP contribution in [0.4, 0.5) is 16.5 Å². The molecule has 0 unspecified atom stereocenters. The van der Waals surface area contributed by atoms with Crippen LogP contribution in [0.3, 0.4) is 0 Å². The van der Waals surface area contributed by atoms with Gasteiger partial charge in [-0.1, -0.05) is 0 Å². The summed E-state index contributed by atoms with van der Waals surface area (Å²) < 4.78 is 2.12. The van der Waals surface area contributed by atoms with E-state index in [1.165, 1.54) is 22.8 Å². The van der Waals surface area contributed by atoms with Gasteiger partial charge in [0.15, 0.2) is 0 Å². The molecule has 0 saturated heterocycles. The Kier molecular flexibility index (Phi) is 5.32. The van der Waals surface area contributed by atoms with Gasteiger partial charge in [-0.3, -0.25) is 0 Å². The molecule has 1 N–H and O–H groups in total. The van der Waals surface area contributed by atoms with Crippen molar-refractivity contribution in [3.63, 3.8) is 0 Å². The zero-order valence-corrected chi connectivity index (χ0v) is 14.7. The molecule has 0 fully saturated rings. The lowest BCUT2D eigenvalue weighted by Crippen LogP contribution is -2.34. The van der Waals surface area contributed by atoms with E-state index in [2.05, 4.69) is 55.8 Å². The quantitative estimate of drug-likeness (QED) is 0.525. The number of rotatable bonds is 7. The molecule has 0 radical (unpaired) electrons. The molecular formula is C17H21N6S+. The van der Waals surface area contributed by atoms with Gasteiger partial charge in [0.25, 0.3) is 5.82 Å². The number of thiazole rings is 1. The maximum atomic E-state index is 4.22. The number of anilines is 1. The molecule has 0 amide bonds. The predicted octanol–water partition coefficient (Wildman–Crippen LogP) is 3.78. The third-order valence-corrected chi connectivity index (χ3v) is 4.51. The number of aromatic nitrogens is 3. The van der Waals surface area contributed by atoms with Crippen LogP contribution >= 0.6 is 11.3 Å². The molecule has 0 aliphatic carbocycles. The molecule has 24 heavy (non-hydrogen) atoms. The fourth-order valence-electron chi connectivity index (χ4n) is 2.49. The average Bonchev–Trinajstić information content (AvgIpc) is 3.26.